The summed E-state index contributed by atoms with van der Waals surface area (Å²) in [6.07, 6.45) is 2.02. The molecule has 0 aliphatic carbocycles. The van der Waals surface area contributed by atoms with Gasteiger partial charge in [0.25, 0.3) is 5.91 Å². The van der Waals surface area contributed by atoms with E-state index in [-0.39, 0.29) is 5.91 Å². The predicted octanol–water partition coefficient (Wildman–Crippen LogP) is 3.12. The van der Waals surface area contributed by atoms with Crippen LogP contribution < -0.4 is 4.90 Å². The third-order valence-electron chi connectivity index (χ3n) is 3.63. The summed E-state index contributed by atoms with van der Waals surface area (Å²) in [5, 5.41) is 0. The third-order valence-corrected chi connectivity index (χ3v) is 3.63. The third kappa shape index (κ3) is 2.38. The van der Waals surface area contributed by atoms with Crippen molar-refractivity contribution in [2.75, 3.05) is 4.90 Å². The Bertz CT molecular complexity index is 732. The van der Waals surface area contributed by atoms with Crippen LogP contribution in [-0.2, 0) is 16.1 Å². The SMILES string of the molecule is Cc1ccc2c(c1)/C(=C/C=O)C(=O)N2Cc1ccccc1. The molecule has 0 fully saturated rings. The molecule has 3 rings (SSSR count). The van der Waals surface area contributed by atoms with Crippen LogP contribution in [0.2, 0.25) is 0 Å². The molecule has 2 aromatic carbocycles. The second-order valence-electron chi connectivity index (χ2n) is 5.11. The van der Waals surface area contributed by atoms with Gasteiger partial charge in [0, 0.05) is 5.56 Å². The van der Waals surface area contributed by atoms with Crippen LogP contribution in [0.4, 0.5) is 5.69 Å². The Morgan fingerprint density at radius 2 is 1.86 bits per heavy atom. The fourth-order valence-corrected chi connectivity index (χ4v) is 2.62. The Labute approximate surface area is 123 Å². The molecule has 0 atom stereocenters. The molecule has 1 heterocycles. The van der Waals surface area contributed by atoms with Gasteiger partial charge in [-0.15, -0.1) is 0 Å². The van der Waals surface area contributed by atoms with E-state index in [0.717, 1.165) is 22.4 Å². The highest BCUT2D eigenvalue weighted by molar-refractivity contribution is 6.34. The lowest BCUT2D eigenvalue weighted by Gasteiger charge is -2.17. The number of hydrogen-bond donors (Lipinski definition) is 0. The van der Waals surface area contributed by atoms with Crippen LogP contribution in [-0.4, -0.2) is 12.2 Å². The quantitative estimate of drug-likeness (QED) is 0.638. The molecule has 2 aromatic rings. The van der Waals surface area contributed by atoms with E-state index < -0.39 is 0 Å². The summed E-state index contributed by atoms with van der Waals surface area (Å²) in [7, 11) is 0. The largest absolute Gasteiger partial charge is 0.303 e. The number of hydrogen-bond acceptors (Lipinski definition) is 2. The molecule has 0 bridgehead atoms. The molecular formula is C18H15NO2. The second kappa shape index (κ2) is 5.37. The van der Waals surface area contributed by atoms with Gasteiger partial charge in [0.2, 0.25) is 0 Å². The molecule has 0 unspecified atom stereocenters. The van der Waals surface area contributed by atoms with Crippen LogP contribution in [0.25, 0.3) is 5.57 Å². The molecular weight excluding hydrogens is 262 g/mol. The molecule has 0 N–H and O–H groups in total. The van der Waals surface area contributed by atoms with Crippen molar-refractivity contribution in [3.05, 3.63) is 71.3 Å². The summed E-state index contributed by atoms with van der Waals surface area (Å²) in [5.74, 6) is -0.119. The minimum Gasteiger partial charge on any atom is -0.303 e. The minimum absolute atomic E-state index is 0.119. The van der Waals surface area contributed by atoms with Crippen LogP contribution >= 0.6 is 0 Å². The molecule has 3 heteroatoms. The van der Waals surface area contributed by atoms with Crippen molar-refractivity contribution < 1.29 is 9.59 Å². The maximum atomic E-state index is 12.6. The van der Waals surface area contributed by atoms with Crippen LogP contribution in [0.3, 0.4) is 0 Å². The van der Waals surface area contributed by atoms with E-state index in [1.54, 1.807) is 4.90 Å². The number of carbonyl (C=O) groups is 2. The first kappa shape index (κ1) is 13.3. The highest BCUT2D eigenvalue weighted by Crippen LogP contribution is 2.37. The zero-order valence-corrected chi connectivity index (χ0v) is 11.7. The van der Waals surface area contributed by atoms with E-state index in [1.807, 2.05) is 55.5 Å². The molecule has 1 amide bonds. The van der Waals surface area contributed by atoms with Gasteiger partial charge in [0.15, 0.2) is 0 Å². The lowest BCUT2D eigenvalue weighted by molar-refractivity contribution is -0.113. The molecule has 21 heavy (non-hydrogen) atoms. The van der Waals surface area contributed by atoms with E-state index in [0.29, 0.717) is 18.4 Å². The number of aryl methyl sites for hydroxylation is 1. The summed E-state index contributed by atoms with van der Waals surface area (Å²) in [6, 6.07) is 15.7. The number of rotatable bonds is 3. The highest BCUT2D eigenvalue weighted by atomic mass is 16.2. The lowest BCUT2D eigenvalue weighted by Crippen LogP contribution is -2.25. The molecule has 104 valence electrons. The van der Waals surface area contributed by atoms with Crippen molar-refractivity contribution in [3.63, 3.8) is 0 Å². The highest BCUT2D eigenvalue weighted by Gasteiger charge is 2.32. The van der Waals surface area contributed by atoms with Gasteiger partial charge < -0.3 is 4.90 Å². The van der Waals surface area contributed by atoms with Crippen molar-refractivity contribution >= 4 is 23.5 Å². The Morgan fingerprint density at radius 3 is 2.57 bits per heavy atom. The van der Waals surface area contributed by atoms with E-state index in [9.17, 15) is 9.59 Å². The van der Waals surface area contributed by atoms with Gasteiger partial charge in [0.05, 0.1) is 17.8 Å². The zero-order valence-electron chi connectivity index (χ0n) is 11.7. The van der Waals surface area contributed by atoms with Crippen molar-refractivity contribution in [1.29, 1.82) is 0 Å². The molecule has 0 aromatic heterocycles. The standard InChI is InChI=1S/C18H15NO2/c1-13-7-8-17-16(11-13)15(9-10-20)18(21)19(17)12-14-5-3-2-4-6-14/h2-11H,12H2,1H3/b15-9-. The first-order valence-electron chi connectivity index (χ1n) is 6.83. The summed E-state index contributed by atoms with van der Waals surface area (Å²) < 4.78 is 0. The summed E-state index contributed by atoms with van der Waals surface area (Å²) in [4.78, 5) is 25.1. The van der Waals surface area contributed by atoms with Gasteiger partial charge >= 0.3 is 0 Å². The number of amides is 1. The fraction of sp³-hybridized carbons (Fsp3) is 0.111. The first-order valence-corrected chi connectivity index (χ1v) is 6.83. The monoisotopic (exact) mass is 277 g/mol. The average molecular weight is 277 g/mol. The molecule has 0 radical (unpaired) electrons. The Hall–Kier alpha value is -2.68. The van der Waals surface area contributed by atoms with Crippen molar-refractivity contribution in [3.8, 4) is 0 Å². The second-order valence-corrected chi connectivity index (χ2v) is 5.11. The smallest absolute Gasteiger partial charge is 0.259 e. The van der Waals surface area contributed by atoms with Crippen molar-refractivity contribution in [2.24, 2.45) is 0 Å². The number of anilines is 1. The molecule has 0 saturated carbocycles. The topological polar surface area (TPSA) is 37.4 Å². The van der Waals surface area contributed by atoms with Crippen LogP contribution in [0.5, 0.6) is 0 Å². The number of benzene rings is 2. The lowest BCUT2D eigenvalue weighted by atomic mass is 10.0. The van der Waals surface area contributed by atoms with Crippen molar-refractivity contribution in [1.82, 2.24) is 0 Å². The number of allylic oxidation sites excluding steroid dienone is 1. The van der Waals surface area contributed by atoms with Crippen molar-refractivity contribution in [2.45, 2.75) is 13.5 Å². The number of fused-ring (bicyclic) bond motifs is 1. The van der Waals surface area contributed by atoms with Gasteiger partial charge in [0.1, 0.15) is 6.29 Å². The molecule has 1 aliphatic heterocycles. The summed E-state index contributed by atoms with van der Waals surface area (Å²) in [6.45, 7) is 2.48. The first-order chi connectivity index (χ1) is 10.2. The summed E-state index contributed by atoms with van der Waals surface area (Å²) in [5.41, 5.74) is 4.30. The van der Waals surface area contributed by atoms with Gasteiger partial charge in [-0.2, -0.15) is 0 Å². The van der Waals surface area contributed by atoms with E-state index in [2.05, 4.69) is 0 Å². The van der Waals surface area contributed by atoms with Gasteiger partial charge in [-0.25, -0.2) is 0 Å². The Kier molecular flexibility index (Phi) is 3.40. The normalized spacial score (nSPS) is 15.4. The molecule has 0 saturated heterocycles. The average Bonchev–Trinajstić information content (AvgIpc) is 2.74. The van der Waals surface area contributed by atoms with Gasteiger partial charge in [-0.1, -0.05) is 42.0 Å². The van der Waals surface area contributed by atoms with Crippen LogP contribution in [0, 0.1) is 6.92 Å². The Balaban J connectivity index is 2.05. The molecule has 3 nitrogen and oxygen atoms in total. The van der Waals surface area contributed by atoms with E-state index in [1.165, 1.54) is 6.08 Å². The minimum atomic E-state index is -0.119. The van der Waals surface area contributed by atoms with Crippen LogP contribution in [0.1, 0.15) is 16.7 Å². The van der Waals surface area contributed by atoms with Gasteiger partial charge in [-0.05, 0) is 30.7 Å². The predicted molar refractivity (Wildman–Crippen MR) is 82.9 cm³/mol. The molecule has 0 spiro atoms. The van der Waals surface area contributed by atoms with E-state index >= 15 is 0 Å². The number of nitrogens with zero attached hydrogens (tertiary/aromatic N) is 1. The molecule has 1 aliphatic rings. The maximum Gasteiger partial charge on any atom is 0.259 e. The number of aldehydes is 1. The number of carbonyl (C=O) groups excluding carboxylic acids is 2. The van der Waals surface area contributed by atoms with Crippen LogP contribution in [0.15, 0.2) is 54.6 Å². The van der Waals surface area contributed by atoms with Gasteiger partial charge in [-0.3, -0.25) is 9.59 Å². The van der Waals surface area contributed by atoms with E-state index in [4.69, 9.17) is 0 Å². The Morgan fingerprint density at radius 1 is 1.10 bits per heavy atom. The fourth-order valence-electron chi connectivity index (χ4n) is 2.62. The summed E-state index contributed by atoms with van der Waals surface area (Å²) >= 11 is 0. The zero-order chi connectivity index (χ0) is 14.8. The maximum absolute atomic E-state index is 12.6.